The Morgan fingerprint density at radius 3 is 2.21 bits per heavy atom. The minimum Gasteiger partial charge on any atom is -0.493 e. The quantitative estimate of drug-likeness (QED) is 0.172. The summed E-state index contributed by atoms with van der Waals surface area (Å²) in [5.74, 6) is 0.663. The molecule has 0 N–H and O–H groups in total. The van der Waals surface area contributed by atoms with Crippen molar-refractivity contribution in [2.24, 2.45) is 0 Å². The summed E-state index contributed by atoms with van der Waals surface area (Å²) in [6.45, 7) is 5.98. The number of ether oxygens (including phenoxy) is 2. The molecule has 0 spiro atoms. The number of hydrogen-bond acceptors (Lipinski definition) is 5. The zero-order valence-corrected chi connectivity index (χ0v) is 24.4. The summed E-state index contributed by atoms with van der Waals surface area (Å²) in [5, 5.41) is 2.14. The molecule has 0 radical (unpaired) electrons. The number of aromatic nitrogens is 1. The second-order valence-electron chi connectivity index (χ2n) is 10.5. The number of fused-ring (bicyclic) bond motifs is 1. The molecule has 42 heavy (non-hydrogen) atoms. The lowest BCUT2D eigenvalue weighted by Crippen LogP contribution is -2.55. The lowest BCUT2D eigenvalue weighted by molar-refractivity contribution is 0.0673. The van der Waals surface area contributed by atoms with Crippen molar-refractivity contribution in [3.05, 3.63) is 130 Å². The molecule has 1 aliphatic heterocycles. The number of para-hydroxylation sites is 1. The Morgan fingerprint density at radius 1 is 0.786 bits per heavy atom. The van der Waals surface area contributed by atoms with Crippen molar-refractivity contribution in [3.63, 3.8) is 0 Å². The van der Waals surface area contributed by atoms with Gasteiger partial charge in [-0.05, 0) is 30.0 Å². The molecule has 1 atom stereocenters. The molecule has 0 aliphatic carbocycles. The van der Waals surface area contributed by atoms with Gasteiger partial charge >= 0.3 is 0 Å². The van der Waals surface area contributed by atoms with Gasteiger partial charge in [-0.15, -0.1) is 0 Å². The first-order valence-corrected chi connectivity index (χ1v) is 14.9. The monoisotopic (exact) mass is 565 g/mol. The molecule has 7 heteroatoms. The highest BCUT2D eigenvalue weighted by atomic mass is 16.5. The number of rotatable bonds is 13. The van der Waals surface area contributed by atoms with Crippen molar-refractivity contribution < 1.29 is 14.3 Å². The van der Waals surface area contributed by atoms with Gasteiger partial charge in [0.25, 0.3) is 5.91 Å². The van der Waals surface area contributed by atoms with Crippen LogP contribution in [0.5, 0.6) is 11.5 Å². The maximum atomic E-state index is 14.0. The van der Waals surface area contributed by atoms with E-state index in [9.17, 15) is 9.59 Å². The summed E-state index contributed by atoms with van der Waals surface area (Å²) in [6, 6.07) is 29.2. The maximum absolute atomic E-state index is 14.0. The summed E-state index contributed by atoms with van der Waals surface area (Å²) >= 11 is 0. The molecule has 1 unspecified atom stereocenters. The summed E-state index contributed by atoms with van der Waals surface area (Å²) in [6.07, 6.45) is 5.48. The molecule has 2 heterocycles. The Hall–Kier alpha value is -4.52. The first kappa shape index (κ1) is 29.0. The third-order valence-electron chi connectivity index (χ3n) is 7.51. The number of nitrogens with zero attached hydrogens (tertiary/aromatic N) is 3. The molecular weight excluding hydrogens is 526 g/mol. The average Bonchev–Trinajstić information content (AvgIpc) is 3.03. The molecule has 0 bridgehead atoms. The number of carbonyl (C=O) groups excluding carboxylic acids is 1. The molecule has 0 saturated carbocycles. The predicted molar refractivity (Wildman–Crippen MR) is 166 cm³/mol. The van der Waals surface area contributed by atoms with Crippen LogP contribution in [0.4, 0.5) is 0 Å². The van der Waals surface area contributed by atoms with E-state index in [2.05, 4.69) is 37.1 Å². The number of benzene rings is 3. The van der Waals surface area contributed by atoms with Crippen LogP contribution in [0.2, 0.25) is 0 Å². The Bertz CT molecular complexity index is 1520. The molecule has 7 nitrogen and oxygen atoms in total. The average molecular weight is 566 g/mol. The smallest absolute Gasteiger partial charge is 0.277 e. The van der Waals surface area contributed by atoms with Crippen molar-refractivity contribution in [1.29, 1.82) is 0 Å². The van der Waals surface area contributed by atoms with E-state index in [1.165, 1.54) is 6.07 Å². The summed E-state index contributed by atoms with van der Waals surface area (Å²) in [5.41, 5.74) is 2.88. The Labute approximate surface area is 247 Å². The Kier molecular flexibility index (Phi) is 9.59. The largest absolute Gasteiger partial charge is 0.493 e. The van der Waals surface area contributed by atoms with Gasteiger partial charge in [-0.2, -0.15) is 0 Å². The highest BCUT2D eigenvalue weighted by Crippen LogP contribution is 2.37. The second-order valence-corrected chi connectivity index (χ2v) is 10.5. The summed E-state index contributed by atoms with van der Waals surface area (Å²) in [7, 11) is 0. The van der Waals surface area contributed by atoms with Crippen molar-refractivity contribution in [2.75, 3.05) is 24.8 Å². The van der Waals surface area contributed by atoms with Gasteiger partial charge in [-0.25, -0.2) is 0 Å². The Balaban J connectivity index is 1.65. The van der Waals surface area contributed by atoms with E-state index in [0.29, 0.717) is 19.8 Å². The Morgan fingerprint density at radius 2 is 1.48 bits per heavy atom. The fraction of sp³-hybridized carbons (Fsp3) is 0.314. The SMILES string of the molecule is CCCCOc1ccccc1C(c1ccccc1)N1CN(CCCC)C(=O)c2c(OCc3ccccc3)c(=O)ccn21. The lowest BCUT2D eigenvalue weighted by atomic mass is 9.97. The van der Waals surface area contributed by atoms with E-state index in [0.717, 1.165) is 48.1 Å². The van der Waals surface area contributed by atoms with E-state index < -0.39 is 0 Å². The summed E-state index contributed by atoms with van der Waals surface area (Å²) < 4.78 is 14.3. The van der Waals surface area contributed by atoms with Crippen LogP contribution in [-0.2, 0) is 6.61 Å². The molecule has 5 rings (SSSR count). The molecule has 0 fully saturated rings. The third-order valence-corrected chi connectivity index (χ3v) is 7.51. The number of carbonyl (C=O) groups is 1. The fourth-order valence-electron chi connectivity index (χ4n) is 5.28. The van der Waals surface area contributed by atoms with Crippen LogP contribution >= 0.6 is 0 Å². The van der Waals surface area contributed by atoms with E-state index in [1.807, 2.05) is 76.3 Å². The lowest BCUT2D eigenvalue weighted by Gasteiger charge is -2.44. The van der Waals surface area contributed by atoms with E-state index >= 15 is 0 Å². The molecule has 1 aliphatic rings. The fourth-order valence-corrected chi connectivity index (χ4v) is 5.28. The first-order chi connectivity index (χ1) is 20.6. The second kappa shape index (κ2) is 13.9. The van der Waals surface area contributed by atoms with Crippen LogP contribution in [0.1, 0.15) is 72.8 Å². The van der Waals surface area contributed by atoms with Crippen LogP contribution in [-0.4, -0.2) is 35.3 Å². The third kappa shape index (κ3) is 6.35. The van der Waals surface area contributed by atoms with Crippen molar-refractivity contribution in [1.82, 2.24) is 9.58 Å². The molecule has 3 aromatic carbocycles. The van der Waals surface area contributed by atoms with Crippen LogP contribution < -0.4 is 19.9 Å². The summed E-state index contributed by atoms with van der Waals surface area (Å²) in [4.78, 5) is 29.1. The van der Waals surface area contributed by atoms with Crippen molar-refractivity contribution in [3.8, 4) is 11.5 Å². The number of pyridine rings is 1. The van der Waals surface area contributed by atoms with Crippen LogP contribution in [0.3, 0.4) is 0 Å². The minimum absolute atomic E-state index is 0.0665. The van der Waals surface area contributed by atoms with Gasteiger partial charge in [-0.3, -0.25) is 19.3 Å². The molecular formula is C35H39N3O4. The highest BCUT2D eigenvalue weighted by molar-refractivity contribution is 5.96. The van der Waals surface area contributed by atoms with E-state index in [4.69, 9.17) is 9.47 Å². The topological polar surface area (TPSA) is 64.0 Å². The van der Waals surface area contributed by atoms with Crippen molar-refractivity contribution >= 4 is 5.91 Å². The van der Waals surface area contributed by atoms with Crippen LogP contribution in [0, 0.1) is 0 Å². The normalized spacial score (nSPS) is 13.5. The number of amides is 1. The van der Waals surface area contributed by atoms with Gasteiger partial charge in [0.05, 0.1) is 6.61 Å². The molecule has 1 aromatic heterocycles. The minimum atomic E-state index is -0.317. The molecule has 0 saturated heterocycles. The maximum Gasteiger partial charge on any atom is 0.277 e. The predicted octanol–water partition coefficient (Wildman–Crippen LogP) is 6.55. The molecule has 4 aromatic rings. The zero-order chi connectivity index (χ0) is 29.3. The number of hydrogen-bond donors (Lipinski definition) is 0. The molecule has 1 amide bonds. The van der Waals surface area contributed by atoms with E-state index in [-0.39, 0.29) is 35.4 Å². The molecule has 218 valence electrons. The van der Waals surface area contributed by atoms with Gasteiger partial charge in [0.15, 0.2) is 11.4 Å². The van der Waals surface area contributed by atoms with Crippen LogP contribution in [0.15, 0.2) is 102 Å². The van der Waals surface area contributed by atoms with Gasteiger partial charge in [0.1, 0.15) is 25.1 Å². The number of unbranched alkanes of at least 4 members (excludes halogenated alkanes) is 2. The van der Waals surface area contributed by atoms with Gasteiger partial charge in [0, 0.05) is 24.4 Å². The zero-order valence-electron chi connectivity index (χ0n) is 24.4. The highest BCUT2D eigenvalue weighted by Gasteiger charge is 2.37. The van der Waals surface area contributed by atoms with Gasteiger partial charge < -0.3 is 14.4 Å². The van der Waals surface area contributed by atoms with E-state index in [1.54, 1.807) is 6.20 Å². The van der Waals surface area contributed by atoms with Gasteiger partial charge in [-0.1, -0.05) is 106 Å². The standard InChI is InChI=1S/C35H39N3O4/c1-3-5-22-36-26-38(32(28-17-11-8-12-18-28)29-19-13-14-20-31(29)41-24-6-4-2)37-23-21-30(39)34(33(37)35(36)40)42-25-27-15-9-7-10-16-27/h7-21,23,32H,3-6,22,24-26H2,1-2H3. The van der Waals surface area contributed by atoms with Crippen molar-refractivity contribution in [2.45, 2.75) is 52.2 Å². The van der Waals surface area contributed by atoms with Crippen LogP contribution in [0.25, 0.3) is 0 Å². The van der Waals surface area contributed by atoms with Gasteiger partial charge in [0.2, 0.25) is 5.43 Å². The first-order valence-electron chi connectivity index (χ1n) is 14.9.